The molecule has 2 saturated heterocycles. The predicted molar refractivity (Wildman–Crippen MR) is 119 cm³/mol. The molecule has 2 heterocycles. The number of fused-ring (bicyclic) bond motifs is 1. The Morgan fingerprint density at radius 3 is 2.74 bits per heavy atom. The number of ether oxygens (including phenoxy) is 3. The molecule has 8 unspecified atom stereocenters. The molecule has 9 heteroatoms. The Kier molecular flexibility index (Phi) is 9.23. The fourth-order valence-corrected chi connectivity index (χ4v) is 5.99. The third-order valence-corrected chi connectivity index (χ3v) is 7.95. The number of methoxy groups -OCH3 is 1. The van der Waals surface area contributed by atoms with E-state index in [9.17, 15) is 4.39 Å². The third kappa shape index (κ3) is 6.51. The van der Waals surface area contributed by atoms with Crippen LogP contribution >= 0.6 is 11.6 Å². The lowest BCUT2D eigenvalue weighted by molar-refractivity contribution is -0.107. The Bertz CT molecular complexity index is 545. The summed E-state index contributed by atoms with van der Waals surface area (Å²) < 4.78 is 31.4. The van der Waals surface area contributed by atoms with Gasteiger partial charge >= 0.3 is 0 Å². The van der Waals surface area contributed by atoms with Gasteiger partial charge in [-0.15, -0.1) is 11.6 Å². The lowest BCUT2D eigenvalue weighted by atomic mass is 9.77. The minimum atomic E-state index is -0.874. The zero-order valence-corrected chi connectivity index (χ0v) is 19.5. The molecule has 0 amide bonds. The van der Waals surface area contributed by atoms with E-state index in [1.807, 2.05) is 0 Å². The van der Waals surface area contributed by atoms with Crippen molar-refractivity contribution in [3.8, 4) is 0 Å². The molecule has 0 aromatic carbocycles. The smallest absolute Gasteiger partial charge is 0.117 e. The lowest BCUT2D eigenvalue weighted by Gasteiger charge is -2.48. The van der Waals surface area contributed by atoms with Gasteiger partial charge in [0.2, 0.25) is 0 Å². The van der Waals surface area contributed by atoms with Gasteiger partial charge in [-0.3, -0.25) is 15.5 Å². The molecule has 4 fully saturated rings. The third-order valence-electron chi connectivity index (χ3n) is 7.50. The van der Waals surface area contributed by atoms with Gasteiger partial charge in [-0.1, -0.05) is 0 Å². The van der Waals surface area contributed by atoms with Crippen molar-refractivity contribution in [2.75, 3.05) is 53.2 Å². The molecule has 3 N–H and O–H groups in total. The Balaban J connectivity index is 1.27. The first kappa shape index (κ1) is 24.1. The highest BCUT2D eigenvalue weighted by atomic mass is 35.5. The maximum atomic E-state index is 13.8. The summed E-state index contributed by atoms with van der Waals surface area (Å²) in [5.74, 6) is 0.404. The summed E-state index contributed by atoms with van der Waals surface area (Å²) >= 11 is 6.21. The van der Waals surface area contributed by atoms with Gasteiger partial charge in [0, 0.05) is 58.0 Å². The van der Waals surface area contributed by atoms with E-state index < -0.39 is 6.17 Å². The van der Waals surface area contributed by atoms with Crippen molar-refractivity contribution < 1.29 is 18.6 Å². The quantitative estimate of drug-likeness (QED) is 0.372. The Labute approximate surface area is 191 Å². The van der Waals surface area contributed by atoms with Crippen LogP contribution in [0.1, 0.15) is 38.5 Å². The number of halogens is 2. The van der Waals surface area contributed by atoms with E-state index in [-0.39, 0.29) is 29.8 Å². The topological polar surface area (TPSA) is 67.0 Å². The lowest BCUT2D eigenvalue weighted by Crippen LogP contribution is -2.67. The maximum absolute atomic E-state index is 13.8. The van der Waals surface area contributed by atoms with E-state index in [2.05, 4.69) is 20.9 Å². The van der Waals surface area contributed by atoms with Crippen LogP contribution in [0.3, 0.4) is 0 Å². The van der Waals surface area contributed by atoms with E-state index in [1.165, 1.54) is 0 Å². The highest BCUT2D eigenvalue weighted by Gasteiger charge is 2.44. The molecule has 8 atom stereocenters. The van der Waals surface area contributed by atoms with E-state index in [0.717, 1.165) is 71.8 Å². The van der Waals surface area contributed by atoms with Crippen molar-refractivity contribution >= 4 is 11.6 Å². The SMILES string of the molecule is COC1CC2NCNC(NC3CCC(F)C(Cl)C3)C2CC1OCCCN1CCOCC1. The molecule has 180 valence electrons. The molecule has 0 radical (unpaired) electrons. The number of alkyl halides is 2. The van der Waals surface area contributed by atoms with Crippen LogP contribution in [0.25, 0.3) is 0 Å². The Morgan fingerprint density at radius 2 is 1.97 bits per heavy atom. The Morgan fingerprint density at radius 1 is 1.13 bits per heavy atom. The second kappa shape index (κ2) is 11.9. The molecule has 7 nitrogen and oxygen atoms in total. The molecule has 0 aromatic rings. The molecular formula is C22H40ClFN4O3. The predicted octanol–water partition coefficient (Wildman–Crippen LogP) is 1.45. The minimum Gasteiger partial charge on any atom is -0.379 e. The monoisotopic (exact) mass is 462 g/mol. The molecular weight excluding hydrogens is 423 g/mol. The summed E-state index contributed by atoms with van der Waals surface area (Å²) in [6, 6.07) is 0.653. The highest BCUT2D eigenvalue weighted by molar-refractivity contribution is 6.21. The summed E-state index contributed by atoms with van der Waals surface area (Å²) in [5.41, 5.74) is 0. The average molecular weight is 463 g/mol. The van der Waals surface area contributed by atoms with Gasteiger partial charge in [0.15, 0.2) is 0 Å². The molecule has 4 rings (SSSR count). The molecule has 2 aliphatic heterocycles. The molecule has 0 aromatic heterocycles. The van der Waals surface area contributed by atoms with Gasteiger partial charge in [0.05, 0.1) is 37.0 Å². The van der Waals surface area contributed by atoms with Gasteiger partial charge < -0.3 is 19.5 Å². The fourth-order valence-electron chi connectivity index (χ4n) is 5.65. The number of hydrogen-bond donors (Lipinski definition) is 3. The highest BCUT2D eigenvalue weighted by Crippen LogP contribution is 2.33. The van der Waals surface area contributed by atoms with Crippen LogP contribution in [0, 0.1) is 5.92 Å². The normalized spacial score (nSPS) is 42.3. The number of nitrogens with zero attached hydrogens (tertiary/aromatic N) is 1. The molecule has 0 spiro atoms. The first-order chi connectivity index (χ1) is 15.1. The zero-order chi connectivity index (χ0) is 21.6. The molecule has 2 saturated carbocycles. The molecule has 31 heavy (non-hydrogen) atoms. The van der Waals surface area contributed by atoms with E-state index in [1.54, 1.807) is 7.11 Å². The first-order valence-corrected chi connectivity index (χ1v) is 12.5. The molecule has 0 bridgehead atoms. The summed E-state index contributed by atoms with van der Waals surface area (Å²) in [7, 11) is 1.79. The second-order valence-electron chi connectivity index (χ2n) is 9.50. The van der Waals surface area contributed by atoms with Crippen molar-refractivity contribution in [1.29, 1.82) is 0 Å². The van der Waals surface area contributed by atoms with Crippen LogP contribution < -0.4 is 16.0 Å². The number of rotatable bonds is 8. The largest absolute Gasteiger partial charge is 0.379 e. The summed E-state index contributed by atoms with van der Waals surface area (Å²) in [5, 5.41) is 10.6. The van der Waals surface area contributed by atoms with Crippen LogP contribution in [0.2, 0.25) is 0 Å². The average Bonchev–Trinajstić information content (AvgIpc) is 2.79. The van der Waals surface area contributed by atoms with Gasteiger partial charge in [0.25, 0.3) is 0 Å². The second-order valence-corrected chi connectivity index (χ2v) is 10.1. The number of nitrogens with one attached hydrogen (secondary N) is 3. The van der Waals surface area contributed by atoms with Crippen LogP contribution in [-0.2, 0) is 14.2 Å². The van der Waals surface area contributed by atoms with Crippen LogP contribution in [0.4, 0.5) is 4.39 Å². The van der Waals surface area contributed by atoms with Crippen LogP contribution in [0.15, 0.2) is 0 Å². The van der Waals surface area contributed by atoms with Gasteiger partial charge in [-0.05, 0) is 38.5 Å². The van der Waals surface area contributed by atoms with Crippen molar-refractivity contribution in [1.82, 2.24) is 20.9 Å². The fraction of sp³-hybridized carbons (Fsp3) is 1.00. The summed E-state index contributed by atoms with van der Waals surface area (Å²) in [6.07, 6.45) is 4.53. The first-order valence-electron chi connectivity index (χ1n) is 12.1. The van der Waals surface area contributed by atoms with Gasteiger partial charge in [-0.2, -0.15) is 0 Å². The van der Waals surface area contributed by atoms with Crippen molar-refractivity contribution in [3.63, 3.8) is 0 Å². The minimum absolute atomic E-state index is 0.101. The molecule has 4 aliphatic rings. The summed E-state index contributed by atoms with van der Waals surface area (Å²) in [4.78, 5) is 2.45. The van der Waals surface area contributed by atoms with Crippen molar-refractivity contribution in [2.24, 2.45) is 5.92 Å². The van der Waals surface area contributed by atoms with E-state index in [0.29, 0.717) is 24.8 Å². The Hall–Kier alpha value is -0.0600. The van der Waals surface area contributed by atoms with Crippen LogP contribution in [-0.4, -0.2) is 100 Å². The van der Waals surface area contributed by atoms with Gasteiger partial charge in [-0.25, -0.2) is 4.39 Å². The van der Waals surface area contributed by atoms with Crippen molar-refractivity contribution in [3.05, 3.63) is 0 Å². The summed E-state index contributed by atoms with van der Waals surface area (Å²) in [6.45, 7) is 6.30. The van der Waals surface area contributed by atoms with Gasteiger partial charge in [0.1, 0.15) is 6.17 Å². The van der Waals surface area contributed by atoms with E-state index in [4.69, 9.17) is 25.8 Å². The van der Waals surface area contributed by atoms with E-state index >= 15 is 0 Å². The maximum Gasteiger partial charge on any atom is 0.117 e. The zero-order valence-electron chi connectivity index (χ0n) is 18.7. The van der Waals surface area contributed by atoms with Crippen LogP contribution in [0.5, 0.6) is 0 Å². The van der Waals surface area contributed by atoms with Crippen molar-refractivity contribution in [2.45, 2.75) is 80.5 Å². The standard InChI is InChI=1S/C22H40ClFN4O3/c1-29-20-13-19-16(12-21(20)31-8-2-5-28-6-9-30-10-7-28)22(26-14-25-19)27-15-3-4-18(24)17(23)11-15/h15-22,25-27H,2-14H2,1H3. The number of morpholine rings is 1. The molecule has 2 aliphatic carbocycles. The number of hydrogen-bond acceptors (Lipinski definition) is 7.